The number of fused-ring (bicyclic) bond motifs is 3. The molecule has 0 bridgehead atoms. The van der Waals surface area contributed by atoms with Gasteiger partial charge in [-0.15, -0.1) is 0 Å². The van der Waals surface area contributed by atoms with Crippen molar-refractivity contribution in [3.8, 4) is 17.0 Å². The molecule has 0 radical (unpaired) electrons. The maximum absolute atomic E-state index is 12.8. The van der Waals surface area contributed by atoms with E-state index in [0.717, 1.165) is 78.7 Å². The maximum Gasteiger partial charge on any atom is 0.338 e. The molecular formula is C30H42N2O6. The zero-order valence-corrected chi connectivity index (χ0v) is 23.8. The molecule has 0 spiro atoms. The van der Waals surface area contributed by atoms with Crippen molar-refractivity contribution in [2.24, 2.45) is 0 Å². The highest BCUT2D eigenvalue weighted by Crippen LogP contribution is 2.45. The lowest BCUT2D eigenvalue weighted by Gasteiger charge is -2.25. The van der Waals surface area contributed by atoms with E-state index in [4.69, 9.17) is 18.9 Å². The van der Waals surface area contributed by atoms with Crippen molar-refractivity contribution in [2.45, 2.75) is 97.3 Å². The molecule has 2 aromatic rings. The Morgan fingerprint density at radius 2 is 1.97 bits per heavy atom. The number of aryl methyl sites for hydroxylation is 2. The molecule has 8 heteroatoms. The van der Waals surface area contributed by atoms with Gasteiger partial charge in [-0.05, 0) is 103 Å². The molecule has 208 valence electrons. The molecule has 3 heterocycles. The van der Waals surface area contributed by atoms with Crippen LogP contribution in [0.1, 0.15) is 87.7 Å². The second kappa shape index (κ2) is 11.2. The van der Waals surface area contributed by atoms with E-state index in [9.17, 15) is 9.59 Å². The van der Waals surface area contributed by atoms with Gasteiger partial charge in [-0.25, -0.2) is 4.79 Å². The average molecular weight is 527 g/mol. The third-order valence-electron chi connectivity index (χ3n) is 7.12. The highest BCUT2D eigenvalue weighted by Gasteiger charge is 2.48. The molecule has 0 aliphatic carbocycles. The van der Waals surface area contributed by atoms with Crippen molar-refractivity contribution in [3.05, 3.63) is 40.6 Å². The molecule has 1 aromatic heterocycles. The van der Waals surface area contributed by atoms with Crippen LogP contribution in [-0.4, -0.2) is 54.5 Å². The molecule has 0 saturated carbocycles. The van der Waals surface area contributed by atoms with E-state index in [1.54, 1.807) is 27.9 Å². The summed E-state index contributed by atoms with van der Waals surface area (Å²) in [7, 11) is 1.62. The van der Waals surface area contributed by atoms with E-state index in [2.05, 4.69) is 36.7 Å². The van der Waals surface area contributed by atoms with Crippen LogP contribution < -0.4 is 10.1 Å². The number of rotatable bonds is 10. The van der Waals surface area contributed by atoms with Gasteiger partial charge in [0.25, 0.3) is 0 Å². The topological polar surface area (TPSA) is 88.0 Å². The van der Waals surface area contributed by atoms with Gasteiger partial charge in [0, 0.05) is 28.9 Å². The first kappa shape index (κ1) is 28.3. The van der Waals surface area contributed by atoms with Gasteiger partial charge in [0.2, 0.25) is 0 Å². The minimum atomic E-state index is -0.955. The van der Waals surface area contributed by atoms with Crippen molar-refractivity contribution in [3.63, 3.8) is 0 Å². The fourth-order valence-electron chi connectivity index (χ4n) is 5.43. The Morgan fingerprint density at radius 1 is 1.21 bits per heavy atom. The van der Waals surface area contributed by atoms with Crippen LogP contribution in [0, 0.1) is 0 Å². The highest BCUT2D eigenvalue weighted by atomic mass is 16.8. The van der Waals surface area contributed by atoms with Gasteiger partial charge in [-0.1, -0.05) is 0 Å². The molecule has 0 unspecified atom stereocenters. The van der Waals surface area contributed by atoms with E-state index in [0.29, 0.717) is 5.75 Å². The number of carbonyl (C=O) groups is 2. The summed E-state index contributed by atoms with van der Waals surface area (Å²) in [5, 5.41) is 3.53. The number of nitrogens with one attached hydrogen (secondary N) is 1. The Hall–Kier alpha value is -2.68. The van der Waals surface area contributed by atoms with Crippen molar-refractivity contribution in [1.29, 1.82) is 0 Å². The minimum Gasteiger partial charge on any atom is -0.496 e. The number of esters is 1. The van der Waals surface area contributed by atoms with Crippen molar-refractivity contribution in [1.82, 2.24) is 9.88 Å². The third kappa shape index (κ3) is 5.98. The van der Waals surface area contributed by atoms with Crippen LogP contribution in [0.15, 0.2) is 18.2 Å². The third-order valence-corrected chi connectivity index (χ3v) is 7.12. The lowest BCUT2D eigenvalue weighted by Crippen LogP contribution is -2.36. The molecule has 1 N–H and O–H groups in total. The first-order valence-electron chi connectivity index (χ1n) is 13.6. The predicted molar refractivity (Wildman–Crippen MR) is 146 cm³/mol. The number of hydrogen-bond acceptors (Lipinski definition) is 7. The van der Waals surface area contributed by atoms with Crippen molar-refractivity contribution >= 4 is 12.3 Å². The van der Waals surface area contributed by atoms with Crippen LogP contribution in [0.3, 0.4) is 0 Å². The first-order chi connectivity index (χ1) is 18.0. The van der Waals surface area contributed by atoms with Crippen LogP contribution in [-0.2, 0) is 38.4 Å². The molecule has 1 aromatic carbocycles. The van der Waals surface area contributed by atoms with Gasteiger partial charge >= 0.3 is 5.97 Å². The number of methoxy groups -OCH3 is 1. The van der Waals surface area contributed by atoms with Crippen LogP contribution in [0.4, 0.5) is 0 Å². The number of carbonyl (C=O) groups excluding carboxylic acids is 2. The van der Waals surface area contributed by atoms with Gasteiger partial charge in [0.15, 0.2) is 18.2 Å². The molecule has 8 nitrogen and oxygen atoms in total. The fourth-order valence-corrected chi connectivity index (χ4v) is 5.43. The zero-order valence-electron chi connectivity index (χ0n) is 23.8. The van der Waals surface area contributed by atoms with Crippen LogP contribution in [0.25, 0.3) is 11.3 Å². The smallest absolute Gasteiger partial charge is 0.338 e. The monoisotopic (exact) mass is 526 g/mol. The number of aromatic nitrogens is 1. The van der Waals surface area contributed by atoms with E-state index in [1.165, 1.54) is 0 Å². The fraction of sp³-hybridized carbons (Fsp3) is 0.600. The Morgan fingerprint density at radius 3 is 2.63 bits per heavy atom. The van der Waals surface area contributed by atoms with E-state index < -0.39 is 24.0 Å². The summed E-state index contributed by atoms with van der Waals surface area (Å²) in [6, 6.07) is 6.21. The molecule has 2 atom stereocenters. The summed E-state index contributed by atoms with van der Waals surface area (Å²) in [5.41, 5.74) is 5.81. The standard InChI is InChI=1S/C30H42N2O6/c1-8-36-28(34)27-26(37-30(5,6)38-27)22-17-21-19(16-25(22)35-7)12-14-32-23(21)15-20(24(32)18-33)11-9-10-13-31-29(2,3)4/h15-18,26-27,31H,8-14H2,1-7H3/t26-,27+/m0/s1. The second-order valence-corrected chi connectivity index (χ2v) is 11.6. The Balaban J connectivity index is 1.66. The van der Waals surface area contributed by atoms with Crippen LogP contribution >= 0.6 is 0 Å². The molecular weight excluding hydrogens is 484 g/mol. The summed E-state index contributed by atoms with van der Waals surface area (Å²) in [4.78, 5) is 25.0. The lowest BCUT2D eigenvalue weighted by molar-refractivity contribution is -0.170. The number of aldehydes is 1. The molecule has 2 aliphatic rings. The van der Waals surface area contributed by atoms with Crippen molar-refractivity contribution < 1.29 is 28.5 Å². The lowest BCUT2D eigenvalue weighted by atomic mass is 9.92. The van der Waals surface area contributed by atoms with Gasteiger partial charge in [-0.2, -0.15) is 0 Å². The molecule has 38 heavy (non-hydrogen) atoms. The quantitative estimate of drug-likeness (QED) is 0.265. The summed E-state index contributed by atoms with van der Waals surface area (Å²) >= 11 is 0. The number of unbranched alkanes of at least 4 members (excludes halogenated alkanes) is 1. The number of nitrogens with zero attached hydrogens (tertiary/aromatic N) is 1. The molecule has 2 aliphatic heterocycles. The van der Waals surface area contributed by atoms with Gasteiger partial charge in [-0.3, -0.25) is 4.79 Å². The second-order valence-electron chi connectivity index (χ2n) is 11.6. The largest absolute Gasteiger partial charge is 0.496 e. The van der Waals surface area contributed by atoms with E-state index >= 15 is 0 Å². The number of benzene rings is 1. The normalized spacial score (nSPS) is 20.1. The Bertz CT molecular complexity index is 1180. The summed E-state index contributed by atoms with van der Waals surface area (Å²) in [5.74, 6) is -0.771. The van der Waals surface area contributed by atoms with E-state index in [-0.39, 0.29) is 12.1 Å². The first-order valence-corrected chi connectivity index (χ1v) is 13.6. The average Bonchev–Trinajstić information content (AvgIpc) is 3.38. The summed E-state index contributed by atoms with van der Waals surface area (Å²) in [6.45, 7) is 13.8. The summed E-state index contributed by atoms with van der Waals surface area (Å²) in [6.07, 6.45) is 3.05. The van der Waals surface area contributed by atoms with Crippen LogP contribution in [0.5, 0.6) is 5.75 Å². The molecule has 0 amide bonds. The molecule has 1 fully saturated rings. The number of hydrogen-bond donors (Lipinski definition) is 1. The minimum absolute atomic E-state index is 0.0985. The SMILES string of the molecule is CCOC(=O)[C@@H]1OC(C)(C)O[C@H]1c1cc2c(cc1OC)CCn1c-2cc(CCCCNC(C)(C)C)c1C=O. The summed E-state index contributed by atoms with van der Waals surface area (Å²) < 4.78 is 25.3. The maximum atomic E-state index is 12.8. The zero-order chi connectivity index (χ0) is 27.7. The van der Waals surface area contributed by atoms with Gasteiger partial charge in [0.05, 0.1) is 19.4 Å². The van der Waals surface area contributed by atoms with Gasteiger partial charge in [0.1, 0.15) is 11.9 Å². The predicted octanol–water partition coefficient (Wildman–Crippen LogP) is 5.00. The van der Waals surface area contributed by atoms with Crippen molar-refractivity contribution in [2.75, 3.05) is 20.3 Å². The number of ether oxygens (including phenoxy) is 4. The van der Waals surface area contributed by atoms with Crippen LogP contribution in [0.2, 0.25) is 0 Å². The van der Waals surface area contributed by atoms with Gasteiger partial charge < -0.3 is 28.8 Å². The molecule has 4 rings (SSSR count). The Labute approximate surface area is 226 Å². The van der Waals surface area contributed by atoms with E-state index in [1.807, 2.05) is 12.1 Å². The molecule has 1 saturated heterocycles. The Kier molecular flexibility index (Phi) is 8.35. The highest BCUT2D eigenvalue weighted by molar-refractivity contribution is 5.82.